The average Bonchev–Trinajstić information content (AvgIpc) is 2.39. The number of carbonyl (C=O) groups is 1. The Labute approximate surface area is 64.6 Å². The number of aromatic nitrogens is 3. The third-order valence-electron chi connectivity index (χ3n) is 1.23. The Balaban J connectivity index is 2.50. The van der Waals surface area contributed by atoms with Crippen LogP contribution in [-0.4, -0.2) is 39.7 Å². The topological polar surface area (TPSA) is 51.0 Å². The van der Waals surface area contributed by atoms with Crippen molar-refractivity contribution in [1.29, 1.82) is 0 Å². The summed E-state index contributed by atoms with van der Waals surface area (Å²) in [5.41, 5.74) is 0. The van der Waals surface area contributed by atoms with E-state index in [1.807, 2.05) is 0 Å². The van der Waals surface area contributed by atoms with Crippen LogP contribution in [0.3, 0.4) is 0 Å². The fourth-order valence-corrected chi connectivity index (χ4v) is 0.561. The molecule has 1 heterocycles. The van der Waals surface area contributed by atoms with Crippen molar-refractivity contribution >= 4 is 5.91 Å². The van der Waals surface area contributed by atoms with Gasteiger partial charge >= 0.3 is 0 Å². The van der Waals surface area contributed by atoms with Gasteiger partial charge in [-0.3, -0.25) is 4.79 Å². The molecule has 5 heteroatoms. The van der Waals surface area contributed by atoms with Gasteiger partial charge in [-0.15, -0.1) is 10.2 Å². The third-order valence-corrected chi connectivity index (χ3v) is 1.23. The Hall–Kier alpha value is -1.39. The maximum Gasteiger partial charge on any atom is 0.242 e. The Kier molecular flexibility index (Phi) is 2.20. The van der Waals surface area contributed by atoms with Crippen LogP contribution in [0.4, 0.5) is 0 Å². The molecule has 0 spiro atoms. The lowest BCUT2D eigenvalue weighted by molar-refractivity contribution is -0.129. The van der Waals surface area contributed by atoms with Crippen LogP contribution in [0.2, 0.25) is 0 Å². The first-order chi connectivity index (χ1) is 5.20. The molecule has 1 rings (SSSR count). The van der Waals surface area contributed by atoms with Gasteiger partial charge in [-0.2, -0.15) is 0 Å². The standard InChI is InChI=1S/C6H9N4O/c1-9(2)6(11)3-10-4-7-8-5-10/h4H,3H2,1-2H3. The molecule has 0 fully saturated rings. The lowest BCUT2D eigenvalue weighted by atomic mass is 10.5. The van der Waals surface area contributed by atoms with E-state index in [4.69, 9.17) is 0 Å². The number of hydrogen-bond donors (Lipinski definition) is 0. The lowest BCUT2D eigenvalue weighted by Crippen LogP contribution is -2.25. The predicted molar refractivity (Wildman–Crippen MR) is 37.6 cm³/mol. The van der Waals surface area contributed by atoms with Crippen molar-refractivity contribution in [3.8, 4) is 0 Å². The molecule has 59 valence electrons. The molecule has 1 amide bonds. The van der Waals surface area contributed by atoms with Gasteiger partial charge in [-0.05, 0) is 0 Å². The smallest absolute Gasteiger partial charge is 0.242 e. The summed E-state index contributed by atoms with van der Waals surface area (Å²) in [6, 6.07) is 0. The van der Waals surface area contributed by atoms with Crippen LogP contribution in [-0.2, 0) is 11.3 Å². The molecular formula is C6H9N4O. The third kappa shape index (κ3) is 2.03. The fraction of sp³-hybridized carbons (Fsp3) is 0.500. The molecule has 0 aliphatic heterocycles. The lowest BCUT2D eigenvalue weighted by Gasteiger charge is -2.08. The molecule has 5 nitrogen and oxygen atoms in total. The highest BCUT2D eigenvalue weighted by Crippen LogP contribution is 1.85. The zero-order chi connectivity index (χ0) is 8.27. The minimum atomic E-state index is 0.000972. The van der Waals surface area contributed by atoms with Gasteiger partial charge < -0.3 is 9.47 Å². The first-order valence-electron chi connectivity index (χ1n) is 3.16. The molecule has 0 aliphatic rings. The molecule has 0 bridgehead atoms. The highest BCUT2D eigenvalue weighted by Gasteiger charge is 2.03. The fourth-order valence-electron chi connectivity index (χ4n) is 0.561. The van der Waals surface area contributed by atoms with E-state index in [1.54, 1.807) is 14.1 Å². The second-order valence-electron chi connectivity index (χ2n) is 2.35. The van der Waals surface area contributed by atoms with E-state index in [9.17, 15) is 4.79 Å². The minimum absolute atomic E-state index is 0.000972. The van der Waals surface area contributed by atoms with Crippen molar-refractivity contribution in [2.24, 2.45) is 0 Å². The highest BCUT2D eigenvalue weighted by molar-refractivity contribution is 5.75. The molecule has 11 heavy (non-hydrogen) atoms. The summed E-state index contributed by atoms with van der Waals surface area (Å²) in [6.07, 6.45) is 3.99. The van der Waals surface area contributed by atoms with Crippen LogP contribution >= 0.6 is 0 Å². The van der Waals surface area contributed by atoms with Crippen molar-refractivity contribution < 1.29 is 4.79 Å². The van der Waals surface area contributed by atoms with Gasteiger partial charge in [0.2, 0.25) is 12.2 Å². The Morgan fingerprint density at radius 2 is 2.45 bits per heavy atom. The van der Waals surface area contributed by atoms with E-state index in [-0.39, 0.29) is 12.5 Å². The molecule has 0 saturated heterocycles. The SMILES string of the molecule is CN(C)C(=O)Cn1[c]nnc1. The maximum atomic E-state index is 11.0. The summed E-state index contributed by atoms with van der Waals surface area (Å²) in [4.78, 5) is 12.5. The summed E-state index contributed by atoms with van der Waals surface area (Å²) in [5, 5.41) is 6.97. The van der Waals surface area contributed by atoms with E-state index in [0.29, 0.717) is 0 Å². The number of likely N-dealkylation sites (N-methyl/N-ethyl adjacent to an activating group) is 1. The van der Waals surface area contributed by atoms with Crippen LogP contribution in [0, 0.1) is 6.33 Å². The highest BCUT2D eigenvalue weighted by atomic mass is 16.2. The summed E-state index contributed by atoms with van der Waals surface area (Å²) < 4.78 is 1.50. The number of nitrogens with zero attached hydrogens (tertiary/aromatic N) is 4. The summed E-state index contributed by atoms with van der Waals surface area (Å²) in [7, 11) is 3.40. The predicted octanol–water partition coefficient (Wildman–Crippen LogP) is -0.834. The second kappa shape index (κ2) is 3.14. The van der Waals surface area contributed by atoms with Gasteiger partial charge in [0.05, 0.1) is 0 Å². The van der Waals surface area contributed by atoms with E-state index >= 15 is 0 Å². The first-order valence-corrected chi connectivity index (χ1v) is 3.16. The van der Waals surface area contributed by atoms with Crippen molar-refractivity contribution in [3.05, 3.63) is 12.7 Å². The van der Waals surface area contributed by atoms with Gasteiger partial charge in [-0.1, -0.05) is 0 Å². The molecule has 0 aromatic carbocycles. The molecule has 1 radical (unpaired) electrons. The minimum Gasteiger partial charge on any atom is -0.347 e. The average molecular weight is 153 g/mol. The van der Waals surface area contributed by atoms with Crippen LogP contribution in [0.15, 0.2) is 6.33 Å². The van der Waals surface area contributed by atoms with E-state index in [2.05, 4.69) is 16.5 Å². The van der Waals surface area contributed by atoms with Gasteiger partial charge in [-0.25, -0.2) is 0 Å². The van der Waals surface area contributed by atoms with Crippen molar-refractivity contribution in [2.45, 2.75) is 6.54 Å². The maximum absolute atomic E-state index is 11.0. The van der Waals surface area contributed by atoms with Gasteiger partial charge in [0.1, 0.15) is 12.9 Å². The summed E-state index contributed by atoms with van der Waals surface area (Å²) in [6.45, 7) is 0.250. The Morgan fingerprint density at radius 1 is 1.73 bits per heavy atom. The molecular weight excluding hydrogens is 144 g/mol. The number of rotatable bonds is 2. The molecule has 1 aromatic rings. The van der Waals surface area contributed by atoms with E-state index in [0.717, 1.165) is 0 Å². The molecule has 0 N–H and O–H groups in total. The van der Waals surface area contributed by atoms with Crippen LogP contribution < -0.4 is 0 Å². The second-order valence-corrected chi connectivity index (χ2v) is 2.35. The largest absolute Gasteiger partial charge is 0.347 e. The molecule has 0 atom stereocenters. The molecule has 0 aliphatic carbocycles. The van der Waals surface area contributed by atoms with Crippen molar-refractivity contribution in [2.75, 3.05) is 14.1 Å². The first kappa shape index (κ1) is 7.71. The van der Waals surface area contributed by atoms with Crippen LogP contribution in [0.25, 0.3) is 0 Å². The number of carbonyl (C=O) groups excluding carboxylic acids is 1. The van der Waals surface area contributed by atoms with E-state index in [1.165, 1.54) is 15.8 Å². The van der Waals surface area contributed by atoms with Crippen molar-refractivity contribution in [1.82, 2.24) is 19.7 Å². The molecule has 0 unspecified atom stereocenters. The van der Waals surface area contributed by atoms with Crippen LogP contribution in [0.5, 0.6) is 0 Å². The van der Waals surface area contributed by atoms with Gasteiger partial charge in [0.15, 0.2) is 0 Å². The van der Waals surface area contributed by atoms with Crippen LogP contribution in [0.1, 0.15) is 0 Å². The van der Waals surface area contributed by atoms with E-state index < -0.39 is 0 Å². The van der Waals surface area contributed by atoms with Gasteiger partial charge in [0.25, 0.3) is 0 Å². The number of hydrogen-bond acceptors (Lipinski definition) is 3. The quantitative estimate of drug-likeness (QED) is 0.557. The van der Waals surface area contributed by atoms with Gasteiger partial charge in [0, 0.05) is 14.1 Å². The zero-order valence-corrected chi connectivity index (χ0v) is 6.48. The Morgan fingerprint density at radius 3 is 2.91 bits per heavy atom. The zero-order valence-electron chi connectivity index (χ0n) is 6.48. The normalized spacial score (nSPS) is 9.64. The summed E-state index contributed by atoms with van der Waals surface area (Å²) in [5.74, 6) is 0.000972. The molecule has 0 saturated carbocycles. The number of amides is 1. The monoisotopic (exact) mass is 153 g/mol. The summed E-state index contributed by atoms with van der Waals surface area (Å²) >= 11 is 0. The molecule has 1 aromatic heterocycles. The van der Waals surface area contributed by atoms with Crippen molar-refractivity contribution in [3.63, 3.8) is 0 Å². The Bertz CT molecular complexity index is 229.